The molecule has 0 bridgehead atoms. The van der Waals surface area contributed by atoms with Crippen molar-refractivity contribution in [1.29, 1.82) is 0 Å². The second kappa shape index (κ2) is 8.40. The van der Waals surface area contributed by atoms with Gasteiger partial charge in [-0.2, -0.15) is 0 Å². The van der Waals surface area contributed by atoms with E-state index in [1.54, 1.807) is 20.8 Å². The molecule has 5 nitrogen and oxygen atoms in total. The third kappa shape index (κ3) is 4.78. The lowest BCUT2D eigenvalue weighted by Gasteiger charge is -2.23. The Kier molecular flexibility index (Phi) is 5.93. The zero-order valence-corrected chi connectivity index (χ0v) is 16.9. The molecule has 0 unspecified atom stereocenters. The van der Waals surface area contributed by atoms with Crippen LogP contribution in [-0.4, -0.2) is 30.3 Å². The quantitative estimate of drug-likeness (QED) is 0.611. The number of terminal acetylenes is 1. The van der Waals surface area contributed by atoms with Crippen LogP contribution in [0.5, 0.6) is 0 Å². The Hall–Kier alpha value is -3.26. The maximum Gasteiger partial charge on any atom is 0.407 e. The largest absolute Gasteiger partial charge is 0.458 e. The Morgan fingerprint density at radius 2 is 1.62 bits per heavy atom. The van der Waals surface area contributed by atoms with Crippen LogP contribution in [0.3, 0.4) is 0 Å². The van der Waals surface area contributed by atoms with Crippen molar-refractivity contribution in [2.75, 3.05) is 6.61 Å². The fraction of sp³-hybridized carbons (Fsp3) is 0.333. The van der Waals surface area contributed by atoms with Crippen molar-refractivity contribution in [3.8, 4) is 23.5 Å². The van der Waals surface area contributed by atoms with Crippen molar-refractivity contribution in [3.63, 3.8) is 0 Å². The van der Waals surface area contributed by atoms with E-state index in [0.29, 0.717) is 0 Å². The van der Waals surface area contributed by atoms with Crippen LogP contribution >= 0.6 is 0 Å². The number of alkyl carbamates (subject to hydrolysis) is 1. The fourth-order valence-electron chi connectivity index (χ4n) is 3.47. The molecule has 0 fully saturated rings. The smallest absolute Gasteiger partial charge is 0.407 e. The number of ether oxygens (including phenoxy) is 2. The SMILES string of the molecule is C#CC[C@@H](NC(=O)OCC1c2ccccc2-c2ccccc21)C(=O)OC(C)(C)C. The first-order valence-corrected chi connectivity index (χ1v) is 9.58. The van der Waals surface area contributed by atoms with Crippen molar-refractivity contribution < 1.29 is 19.1 Å². The number of hydrogen-bond acceptors (Lipinski definition) is 4. The number of fused-ring (bicyclic) bond motifs is 3. The summed E-state index contributed by atoms with van der Waals surface area (Å²) in [4.78, 5) is 24.7. The predicted molar refractivity (Wildman–Crippen MR) is 111 cm³/mol. The van der Waals surface area contributed by atoms with Gasteiger partial charge in [0.1, 0.15) is 18.2 Å². The lowest BCUT2D eigenvalue weighted by molar-refractivity contribution is -0.157. The second-order valence-electron chi connectivity index (χ2n) is 7.96. The van der Waals surface area contributed by atoms with Crippen molar-refractivity contribution in [2.45, 2.75) is 44.8 Å². The molecule has 1 N–H and O–H groups in total. The van der Waals surface area contributed by atoms with Crippen LogP contribution in [0.25, 0.3) is 11.1 Å². The molecule has 0 radical (unpaired) electrons. The number of amides is 1. The molecule has 0 saturated carbocycles. The monoisotopic (exact) mass is 391 g/mol. The van der Waals surface area contributed by atoms with Gasteiger partial charge in [-0.05, 0) is 43.0 Å². The Labute approximate surface area is 171 Å². The highest BCUT2D eigenvalue weighted by Crippen LogP contribution is 2.44. The maximum atomic E-state index is 12.4. The van der Waals surface area contributed by atoms with Gasteiger partial charge in [0.15, 0.2) is 0 Å². The van der Waals surface area contributed by atoms with Gasteiger partial charge in [0.25, 0.3) is 0 Å². The minimum absolute atomic E-state index is 0.0269. The summed E-state index contributed by atoms with van der Waals surface area (Å²) in [5.74, 6) is 1.76. The molecular weight excluding hydrogens is 366 g/mol. The summed E-state index contributed by atoms with van der Waals surface area (Å²) in [7, 11) is 0. The van der Waals surface area contributed by atoms with E-state index in [0.717, 1.165) is 22.3 Å². The normalized spacial score (nSPS) is 13.6. The lowest BCUT2D eigenvalue weighted by Crippen LogP contribution is -2.44. The second-order valence-corrected chi connectivity index (χ2v) is 7.96. The van der Waals surface area contributed by atoms with Gasteiger partial charge >= 0.3 is 12.1 Å². The molecule has 150 valence electrons. The number of esters is 1. The average molecular weight is 391 g/mol. The Balaban J connectivity index is 1.67. The third-order valence-electron chi connectivity index (χ3n) is 4.65. The lowest BCUT2D eigenvalue weighted by atomic mass is 9.98. The molecule has 2 aromatic rings. The van der Waals surface area contributed by atoms with E-state index in [1.807, 2.05) is 36.4 Å². The van der Waals surface area contributed by atoms with Crippen LogP contribution in [0.1, 0.15) is 44.2 Å². The van der Waals surface area contributed by atoms with Gasteiger partial charge < -0.3 is 14.8 Å². The van der Waals surface area contributed by atoms with Gasteiger partial charge in [-0.3, -0.25) is 0 Å². The zero-order valence-electron chi connectivity index (χ0n) is 16.9. The Morgan fingerprint density at radius 1 is 1.07 bits per heavy atom. The van der Waals surface area contributed by atoms with E-state index < -0.39 is 23.7 Å². The highest BCUT2D eigenvalue weighted by atomic mass is 16.6. The van der Waals surface area contributed by atoms with Crippen molar-refractivity contribution in [1.82, 2.24) is 5.32 Å². The molecule has 0 aliphatic heterocycles. The molecule has 2 aromatic carbocycles. The fourth-order valence-corrected chi connectivity index (χ4v) is 3.47. The van der Waals surface area contributed by atoms with Crippen LogP contribution in [-0.2, 0) is 14.3 Å². The summed E-state index contributed by atoms with van der Waals surface area (Å²) in [6, 6.07) is 15.2. The third-order valence-corrected chi connectivity index (χ3v) is 4.65. The van der Waals surface area contributed by atoms with Gasteiger partial charge in [0, 0.05) is 12.3 Å². The van der Waals surface area contributed by atoms with E-state index in [9.17, 15) is 9.59 Å². The molecule has 0 saturated heterocycles. The highest BCUT2D eigenvalue weighted by molar-refractivity contribution is 5.82. The van der Waals surface area contributed by atoms with E-state index in [4.69, 9.17) is 15.9 Å². The van der Waals surface area contributed by atoms with Crippen LogP contribution in [0.15, 0.2) is 48.5 Å². The minimum atomic E-state index is -0.949. The van der Waals surface area contributed by atoms with Gasteiger partial charge in [-0.15, -0.1) is 12.3 Å². The van der Waals surface area contributed by atoms with Gasteiger partial charge in [0.05, 0.1) is 0 Å². The van der Waals surface area contributed by atoms with Crippen LogP contribution in [0.2, 0.25) is 0 Å². The summed E-state index contributed by atoms with van der Waals surface area (Å²) >= 11 is 0. The number of nitrogens with one attached hydrogen (secondary N) is 1. The molecule has 1 aliphatic rings. The molecule has 0 spiro atoms. The molecule has 5 heteroatoms. The van der Waals surface area contributed by atoms with Crippen molar-refractivity contribution >= 4 is 12.1 Å². The topological polar surface area (TPSA) is 64.6 Å². The van der Waals surface area contributed by atoms with Gasteiger partial charge in [-0.1, -0.05) is 48.5 Å². The van der Waals surface area contributed by atoms with E-state index >= 15 is 0 Å². The van der Waals surface area contributed by atoms with Crippen LogP contribution in [0.4, 0.5) is 4.79 Å². The molecular formula is C24H25NO4. The summed E-state index contributed by atoms with van der Waals surface area (Å²) < 4.78 is 10.8. The van der Waals surface area contributed by atoms with Crippen LogP contribution in [0, 0.1) is 12.3 Å². The molecule has 0 heterocycles. The number of carbonyl (C=O) groups is 2. The van der Waals surface area contributed by atoms with E-state index in [-0.39, 0.29) is 18.9 Å². The van der Waals surface area contributed by atoms with E-state index in [1.165, 1.54) is 0 Å². The first kappa shape index (κ1) is 20.5. The number of carbonyl (C=O) groups excluding carboxylic acids is 2. The standard InChI is InChI=1S/C24H25NO4/c1-5-10-21(22(26)29-24(2,3)4)25-23(27)28-15-20-18-13-8-6-11-16(18)17-12-7-9-14-19(17)20/h1,6-9,11-14,20-21H,10,15H2,2-4H3,(H,25,27)/t21-/m1/s1. The first-order valence-electron chi connectivity index (χ1n) is 9.58. The summed E-state index contributed by atoms with van der Waals surface area (Å²) in [6.07, 6.45) is 4.67. The van der Waals surface area contributed by atoms with Crippen LogP contribution < -0.4 is 5.32 Å². The summed E-state index contributed by atoms with van der Waals surface area (Å²) in [5, 5.41) is 2.53. The number of hydrogen-bond donors (Lipinski definition) is 1. The zero-order chi connectivity index (χ0) is 21.0. The molecule has 1 amide bonds. The predicted octanol–water partition coefficient (Wildman–Crippen LogP) is 4.26. The first-order chi connectivity index (χ1) is 13.8. The van der Waals surface area contributed by atoms with Gasteiger partial charge in [0.2, 0.25) is 0 Å². The Bertz CT molecular complexity index is 906. The molecule has 0 aromatic heterocycles. The van der Waals surface area contributed by atoms with Crippen molar-refractivity contribution in [3.05, 3.63) is 59.7 Å². The van der Waals surface area contributed by atoms with Crippen molar-refractivity contribution in [2.24, 2.45) is 0 Å². The number of rotatable bonds is 5. The molecule has 1 aliphatic carbocycles. The number of benzene rings is 2. The average Bonchev–Trinajstić information content (AvgIpc) is 2.99. The van der Waals surface area contributed by atoms with Gasteiger partial charge in [-0.25, -0.2) is 9.59 Å². The molecule has 1 atom stereocenters. The minimum Gasteiger partial charge on any atom is -0.458 e. The summed E-state index contributed by atoms with van der Waals surface area (Å²) in [6.45, 7) is 5.43. The van der Waals surface area contributed by atoms with E-state index in [2.05, 4.69) is 23.4 Å². The summed E-state index contributed by atoms with van der Waals surface area (Å²) in [5.41, 5.74) is 3.86. The highest BCUT2D eigenvalue weighted by Gasteiger charge is 2.30. The maximum absolute atomic E-state index is 12.4. The molecule has 29 heavy (non-hydrogen) atoms. The Morgan fingerprint density at radius 3 is 2.14 bits per heavy atom. The molecule has 3 rings (SSSR count).